The molecule has 1 aliphatic heterocycles. The molecule has 0 bridgehead atoms. The van der Waals surface area contributed by atoms with E-state index in [4.69, 9.17) is 4.74 Å². The number of fused-ring (bicyclic) bond motifs is 3. The summed E-state index contributed by atoms with van der Waals surface area (Å²) in [5.41, 5.74) is -0.0555. The van der Waals surface area contributed by atoms with Crippen molar-refractivity contribution in [2.45, 2.75) is 52.6 Å². The maximum atomic E-state index is 12.1. The summed E-state index contributed by atoms with van der Waals surface area (Å²) in [7, 11) is 0. The molecule has 1 N–H and O–H groups in total. The third-order valence-corrected chi connectivity index (χ3v) is 6.21. The molecule has 3 aliphatic rings. The van der Waals surface area contributed by atoms with Gasteiger partial charge in [0.15, 0.2) is 0 Å². The fourth-order valence-electron chi connectivity index (χ4n) is 5.16. The van der Waals surface area contributed by atoms with Gasteiger partial charge in [0.25, 0.3) is 0 Å². The van der Waals surface area contributed by atoms with E-state index >= 15 is 0 Å². The Morgan fingerprint density at radius 3 is 2.67 bits per heavy atom. The van der Waals surface area contributed by atoms with Crippen LogP contribution in [0, 0.1) is 28.6 Å². The second kappa shape index (κ2) is 3.72. The number of carbonyl (C=O) groups excluding carboxylic acids is 1. The van der Waals surface area contributed by atoms with Crippen molar-refractivity contribution in [3.8, 4) is 0 Å². The summed E-state index contributed by atoms with van der Waals surface area (Å²) in [6, 6.07) is 0. The van der Waals surface area contributed by atoms with Crippen molar-refractivity contribution in [2.24, 2.45) is 28.6 Å². The largest absolute Gasteiger partial charge is 0.465 e. The van der Waals surface area contributed by atoms with E-state index in [-0.39, 0.29) is 28.8 Å². The molecule has 0 aromatic heterocycles. The van der Waals surface area contributed by atoms with Crippen LogP contribution in [0.5, 0.6) is 0 Å². The van der Waals surface area contributed by atoms with Crippen molar-refractivity contribution < 1.29 is 14.6 Å². The van der Waals surface area contributed by atoms with E-state index in [1.807, 2.05) is 0 Å². The lowest BCUT2D eigenvalue weighted by atomic mass is 9.46. The zero-order valence-corrected chi connectivity index (χ0v) is 11.6. The fraction of sp³-hybridized carbons (Fsp3) is 0.933. The van der Waals surface area contributed by atoms with E-state index in [1.54, 1.807) is 0 Å². The zero-order valence-electron chi connectivity index (χ0n) is 11.6. The molecule has 3 fully saturated rings. The van der Waals surface area contributed by atoms with Gasteiger partial charge >= 0.3 is 5.97 Å². The normalized spacial score (nSPS) is 50.3. The first-order valence-corrected chi connectivity index (χ1v) is 7.22. The molecule has 2 aliphatic carbocycles. The summed E-state index contributed by atoms with van der Waals surface area (Å²) in [6.45, 7) is 7.21. The van der Waals surface area contributed by atoms with Gasteiger partial charge in [0.2, 0.25) is 0 Å². The van der Waals surface area contributed by atoms with E-state index in [9.17, 15) is 9.90 Å². The van der Waals surface area contributed by atoms with Gasteiger partial charge in [0, 0.05) is 5.92 Å². The molecule has 5 unspecified atom stereocenters. The van der Waals surface area contributed by atoms with Crippen molar-refractivity contribution in [3.05, 3.63) is 0 Å². The fourth-order valence-corrected chi connectivity index (χ4v) is 5.16. The summed E-state index contributed by atoms with van der Waals surface area (Å²) in [6.07, 6.45) is 3.74. The molecule has 0 amide bonds. The maximum Gasteiger partial charge on any atom is 0.309 e. The molecule has 0 radical (unpaired) electrons. The standard InChI is InChI=1S/C15H24O3/c1-14(2)10-5-4-9-8-18-13(17)12(9)15(10,3)7-6-11(14)16/h9-12,16H,4-8H2,1-3H3. The van der Waals surface area contributed by atoms with Crippen LogP contribution in [-0.4, -0.2) is 23.8 Å². The van der Waals surface area contributed by atoms with Crippen LogP contribution < -0.4 is 0 Å². The molecule has 5 atom stereocenters. The number of rotatable bonds is 0. The maximum absolute atomic E-state index is 12.1. The van der Waals surface area contributed by atoms with Crippen LogP contribution in [0.25, 0.3) is 0 Å². The average molecular weight is 252 g/mol. The second-order valence-corrected chi connectivity index (χ2v) is 7.38. The summed E-state index contributed by atoms with van der Waals surface area (Å²) >= 11 is 0. The summed E-state index contributed by atoms with van der Waals surface area (Å²) in [5.74, 6) is 0.938. The molecule has 102 valence electrons. The van der Waals surface area contributed by atoms with Crippen molar-refractivity contribution in [1.29, 1.82) is 0 Å². The highest BCUT2D eigenvalue weighted by Gasteiger charge is 2.61. The third kappa shape index (κ3) is 1.43. The molecule has 3 nitrogen and oxygen atoms in total. The minimum atomic E-state index is -0.232. The number of cyclic esters (lactones) is 1. The predicted octanol–water partition coefficient (Wildman–Crippen LogP) is 2.37. The van der Waals surface area contributed by atoms with Gasteiger partial charge in [-0.3, -0.25) is 4.79 Å². The van der Waals surface area contributed by atoms with Crippen molar-refractivity contribution in [1.82, 2.24) is 0 Å². The molecule has 0 spiro atoms. The average Bonchev–Trinajstić information content (AvgIpc) is 2.68. The Hall–Kier alpha value is -0.570. The Morgan fingerprint density at radius 1 is 1.22 bits per heavy atom. The Morgan fingerprint density at radius 2 is 1.94 bits per heavy atom. The van der Waals surface area contributed by atoms with Crippen LogP contribution in [0.3, 0.4) is 0 Å². The predicted molar refractivity (Wildman–Crippen MR) is 67.8 cm³/mol. The molecule has 3 heteroatoms. The first kappa shape index (κ1) is 12.5. The lowest BCUT2D eigenvalue weighted by Gasteiger charge is -2.58. The van der Waals surface area contributed by atoms with Crippen LogP contribution in [0.15, 0.2) is 0 Å². The number of hydrogen-bond donors (Lipinski definition) is 1. The first-order valence-electron chi connectivity index (χ1n) is 7.22. The van der Waals surface area contributed by atoms with Crippen molar-refractivity contribution >= 4 is 5.97 Å². The Labute approximate surface area is 109 Å². The lowest BCUT2D eigenvalue weighted by molar-refractivity contribution is -0.164. The summed E-state index contributed by atoms with van der Waals surface area (Å²) in [5, 5.41) is 10.3. The van der Waals surface area contributed by atoms with Gasteiger partial charge in [-0.1, -0.05) is 20.8 Å². The molecule has 1 heterocycles. The van der Waals surface area contributed by atoms with Crippen molar-refractivity contribution in [3.63, 3.8) is 0 Å². The van der Waals surface area contributed by atoms with Gasteiger partial charge in [-0.25, -0.2) is 0 Å². The smallest absolute Gasteiger partial charge is 0.309 e. The monoisotopic (exact) mass is 252 g/mol. The third-order valence-electron chi connectivity index (χ3n) is 6.21. The molecular formula is C15H24O3. The van der Waals surface area contributed by atoms with Crippen LogP contribution in [0.4, 0.5) is 0 Å². The van der Waals surface area contributed by atoms with Crippen LogP contribution in [-0.2, 0) is 9.53 Å². The van der Waals surface area contributed by atoms with Crippen molar-refractivity contribution in [2.75, 3.05) is 6.61 Å². The van der Waals surface area contributed by atoms with E-state index in [0.29, 0.717) is 18.4 Å². The molecule has 0 aromatic carbocycles. The first-order chi connectivity index (χ1) is 8.37. The van der Waals surface area contributed by atoms with E-state index < -0.39 is 0 Å². The van der Waals surface area contributed by atoms with E-state index in [1.165, 1.54) is 0 Å². The summed E-state index contributed by atoms with van der Waals surface area (Å²) < 4.78 is 5.31. The Balaban J connectivity index is 1.99. The molecule has 1 saturated heterocycles. The van der Waals surface area contributed by atoms with Crippen LogP contribution in [0.2, 0.25) is 0 Å². The second-order valence-electron chi connectivity index (χ2n) is 7.38. The van der Waals surface area contributed by atoms with Gasteiger partial charge in [-0.2, -0.15) is 0 Å². The number of aliphatic hydroxyl groups is 1. The van der Waals surface area contributed by atoms with Gasteiger partial charge in [-0.05, 0) is 42.4 Å². The highest BCUT2D eigenvalue weighted by Crippen LogP contribution is 2.62. The number of aliphatic hydroxyl groups excluding tert-OH is 1. The van der Waals surface area contributed by atoms with Gasteiger partial charge < -0.3 is 9.84 Å². The van der Waals surface area contributed by atoms with E-state index in [2.05, 4.69) is 20.8 Å². The minimum Gasteiger partial charge on any atom is -0.465 e. The van der Waals surface area contributed by atoms with Gasteiger partial charge in [0.1, 0.15) is 0 Å². The van der Waals surface area contributed by atoms with Gasteiger partial charge in [0.05, 0.1) is 18.6 Å². The molecule has 0 aromatic rings. The summed E-state index contributed by atoms with van der Waals surface area (Å²) in [4.78, 5) is 12.1. The van der Waals surface area contributed by atoms with E-state index in [0.717, 1.165) is 25.7 Å². The number of carbonyl (C=O) groups is 1. The quantitative estimate of drug-likeness (QED) is 0.673. The SMILES string of the molecule is CC1(C)C(O)CCC2(C)C3C(=O)OCC3CCC12. The zero-order chi connectivity index (χ0) is 13.1. The number of esters is 1. The molecule has 3 rings (SSSR count). The number of ether oxygens (including phenoxy) is 1. The highest BCUT2D eigenvalue weighted by atomic mass is 16.5. The highest BCUT2D eigenvalue weighted by molar-refractivity contribution is 5.76. The Bertz CT molecular complexity index is 376. The minimum absolute atomic E-state index is 0.0133. The Kier molecular flexibility index (Phi) is 2.58. The molecular weight excluding hydrogens is 228 g/mol. The van der Waals surface area contributed by atoms with Gasteiger partial charge in [-0.15, -0.1) is 0 Å². The lowest BCUT2D eigenvalue weighted by Crippen LogP contribution is -2.56. The molecule has 18 heavy (non-hydrogen) atoms. The topological polar surface area (TPSA) is 46.5 Å². The molecule has 2 saturated carbocycles. The van der Waals surface area contributed by atoms with Crippen LogP contribution in [0.1, 0.15) is 46.5 Å². The van der Waals surface area contributed by atoms with Crippen LogP contribution >= 0.6 is 0 Å². The number of hydrogen-bond acceptors (Lipinski definition) is 3.